The molecule has 1 aromatic heterocycles. The van der Waals surface area contributed by atoms with Gasteiger partial charge in [-0.1, -0.05) is 200 Å². The molecular weight excluding hydrogens is 749 g/mol. The van der Waals surface area contributed by atoms with Crippen LogP contribution < -0.4 is 4.90 Å². The van der Waals surface area contributed by atoms with Crippen LogP contribution in [0.5, 0.6) is 0 Å². The van der Waals surface area contributed by atoms with Crippen molar-refractivity contribution < 1.29 is 0 Å². The van der Waals surface area contributed by atoms with Crippen LogP contribution in [0.3, 0.4) is 0 Å². The molecule has 0 radical (unpaired) electrons. The number of hydrogen-bond acceptors (Lipinski definition) is 1. The van der Waals surface area contributed by atoms with E-state index >= 15 is 0 Å². The molecule has 0 aliphatic heterocycles. The second kappa shape index (κ2) is 16.1. The summed E-state index contributed by atoms with van der Waals surface area (Å²) in [7, 11) is 0. The van der Waals surface area contributed by atoms with Gasteiger partial charge >= 0.3 is 0 Å². The van der Waals surface area contributed by atoms with Gasteiger partial charge in [-0.2, -0.15) is 0 Å². The molecule has 1 heterocycles. The Hall–Kier alpha value is -8.20. The van der Waals surface area contributed by atoms with E-state index in [4.69, 9.17) is 0 Å². The Bertz CT molecular complexity index is 3310. The molecule has 0 aliphatic carbocycles. The second-order valence-electron chi connectivity index (χ2n) is 15.7. The molecule has 0 aliphatic rings. The summed E-state index contributed by atoms with van der Waals surface area (Å²) in [5, 5.41) is 2.44. The highest BCUT2D eigenvalue weighted by atomic mass is 15.1. The average Bonchev–Trinajstić information content (AvgIpc) is 3.69. The number of para-hydroxylation sites is 2. The highest BCUT2D eigenvalue weighted by Gasteiger charge is 2.20. The van der Waals surface area contributed by atoms with Crippen LogP contribution >= 0.6 is 0 Å². The third kappa shape index (κ3) is 6.74. The van der Waals surface area contributed by atoms with Crippen LogP contribution in [0.1, 0.15) is 0 Å². The smallest absolute Gasteiger partial charge is 0.0561 e. The molecule has 0 saturated heterocycles. The van der Waals surface area contributed by atoms with Crippen LogP contribution in [0.2, 0.25) is 0 Å². The molecule has 0 atom stereocenters. The van der Waals surface area contributed by atoms with E-state index in [2.05, 4.69) is 264 Å². The Morgan fingerprint density at radius 2 is 0.661 bits per heavy atom. The maximum Gasteiger partial charge on any atom is 0.0561 e. The molecule has 2 nitrogen and oxygen atoms in total. The summed E-state index contributed by atoms with van der Waals surface area (Å²) in [6, 6.07) is 92.0. The maximum atomic E-state index is 2.42. The fourth-order valence-electron chi connectivity index (χ4n) is 9.14. The Morgan fingerprint density at radius 3 is 1.27 bits per heavy atom. The first-order chi connectivity index (χ1) is 30.8. The molecule has 2 heteroatoms. The zero-order valence-electron chi connectivity index (χ0n) is 34.1. The van der Waals surface area contributed by atoms with Gasteiger partial charge in [0.05, 0.1) is 11.0 Å². The zero-order valence-corrected chi connectivity index (χ0v) is 34.1. The maximum absolute atomic E-state index is 2.42. The van der Waals surface area contributed by atoms with Gasteiger partial charge in [0, 0.05) is 33.5 Å². The predicted octanol–water partition coefficient (Wildman–Crippen LogP) is 16.6. The summed E-state index contributed by atoms with van der Waals surface area (Å²) in [5.41, 5.74) is 18.7. The van der Waals surface area contributed by atoms with E-state index < -0.39 is 0 Å². The molecule has 11 aromatic rings. The van der Waals surface area contributed by atoms with Crippen LogP contribution in [-0.4, -0.2) is 4.57 Å². The number of hydrogen-bond donors (Lipinski definition) is 0. The molecule has 62 heavy (non-hydrogen) atoms. The SMILES string of the molecule is c1ccc(-c2ccccc2-c2ccc(-n3c4ccccc4c4ccc(N(c5ccccc5)c5ccc(-c6ccccc6-c6ccccc6)c(-c6ccccc6)c5)cc43)cc2)cc1. The number of fused-ring (bicyclic) bond motifs is 3. The zero-order chi connectivity index (χ0) is 41.2. The first kappa shape index (κ1) is 36.8. The summed E-state index contributed by atoms with van der Waals surface area (Å²) < 4.78 is 2.42. The Morgan fingerprint density at radius 1 is 0.242 bits per heavy atom. The molecule has 0 amide bonds. The molecule has 0 spiro atoms. The normalized spacial score (nSPS) is 11.2. The van der Waals surface area contributed by atoms with Crippen molar-refractivity contribution in [2.24, 2.45) is 0 Å². The van der Waals surface area contributed by atoms with E-state index in [0.29, 0.717) is 0 Å². The monoisotopic (exact) mass is 790 g/mol. The summed E-state index contributed by atoms with van der Waals surface area (Å²) >= 11 is 0. The molecular formula is C60H42N2. The molecule has 0 N–H and O–H groups in total. The van der Waals surface area contributed by atoms with Gasteiger partial charge in [0.1, 0.15) is 0 Å². The number of nitrogens with zero attached hydrogens (tertiary/aromatic N) is 2. The lowest BCUT2D eigenvalue weighted by Crippen LogP contribution is -2.10. The molecule has 10 aromatic carbocycles. The Kier molecular flexibility index (Phi) is 9.57. The standard InChI is InChI=1S/C60H42N2/c1-5-19-43(20-6-1)51-27-13-14-28-52(51)46-33-35-48(36-34-46)62-59-32-18-17-31-56(59)57-40-38-50(42-60(57)62)61(47-25-11-4-12-26-47)49-37-39-55(58(41-49)45-23-9-3-10-24-45)54-30-16-15-29-53(54)44-21-7-2-8-22-44/h1-42H. The van der Waals surface area contributed by atoms with Gasteiger partial charge in [-0.3, -0.25) is 0 Å². The number of anilines is 3. The van der Waals surface area contributed by atoms with Gasteiger partial charge in [-0.05, 0) is 110 Å². The van der Waals surface area contributed by atoms with Crippen LogP contribution in [0.25, 0.3) is 83.1 Å². The molecule has 0 saturated carbocycles. The van der Waals surface area contributed by atoms with E-state index in [1.165, 1.54) is 71.9 Å². The largest absolute Gasteiger partial charge is 0.310 e. The second-order valence-corrected chi connectivity index (χ2v) is 15.7. The van der Waals surface area contributed by atoms with Gasteiger partial charge in [-0.25, -0.2) is 0 Å². The van der Waals surface area contributed by atoms with E-state index in [1.807, 2.05) is 0 Å². The first-order valence-corrected chi connectivity index (χ1v) is 21.3. The number of rotatable bonds is 9. The highest BCUT2D eigenvalue weighted by Crippen LogP contribution is 2.44. The van der Waals surface area contributed by atoms with Crippen molar-refractivity contribution in [2.45, 2.75) is 0 Å². The first-order valence-electron chi connectivity index (χ1n) is 21.3. The lowest BCUT2D eigenvalue weighted by Gasteiger charge is -2.27. The molecule has 292 valence electrons. The fourth-order valence-corrected chi connectivity index (χ4v) is 9.14. The Labute approximate surface area is 362 Å². The van der Waals surface area contributed by atoms with Crippen LogP contribution in [0, 0.1) is 0 Å². The van der Waals surface area contributed by atoms with Gasteiger partial charge < -0.3 is 9.47 Å². The molecule has 0 bridgehead atoms. The van der Waals surface area contributed by atoms with Gasteiger partial charge in [0.2, 0.25) is 0 Å². The minimum absolute atomic E-state index is 1.08. The van der Waals surface area contributed by atoms with Crippen LogP contribution in [0.15, 0.2) is 255 Å². The third-order valence-corrected chi connectivity index (χ3v) is 12.0. The third-order valence-electron chi connectivity index (χ3n) is 12.0. The minimum Gasteiger partial charge on any atom is -0.310 e. The van der Waals surface area contributed by atoms with Crippen molar-refractivity contribution >= 4 is 38.9 Å². The summed E-state index contributed by atoms with van der Waals surface area (Å²) in [6.07, 6.45) is 0. The quantitative estimate of drug-likeness (QED) is 0.141. The number of aromatic nitrogens is 1. The molecule has 0 fully saturated rings. The van der Waals surface area contributed by atoms with Gasteiger partial charge in [-0.15, -0.1) is 0 Å². The lowest BCUT2D eigenvalue weighted by atomic mass is 9.89. The van der Waals surface area contributed by atoms with E-state index in [9.17, 15) is 0 Å². The summed E-state index contributed by atoms with van der Waals surface area (Å²) in [4.78, 5) is 2.39. The van der Waals surface area contributed by atoms with Crippen LogP contribution in [-0.2, 0) is 0 Å². The van der Waals surface area contributed by atoms with Crippen molar-refractivity contribution in [3.63, 3.8) is 0 Å². The Balaban J connectivity index is 1.07. The van der Waals surface area contributed by atoms with Crippen molar-refractivity contribution in [3.05, 3.63) is 255 Å². The average molecular weight is 791 g/mol. The predicted molar refractivity (Wildman–Crippen MR) is 263 cm³/mol. The molecule has 0 unspecified atom stereocenters. The minimum atomic E-state index is 1.08. The van der Waals surface area contributed by atoms with Crippen LogP contribution in [0.4, 0.5) is 17.1 Å². The van der Waals surface area contributed by atoms with E-state index in [0.717, 1.165) is 28.3 Å². The van der Waals surface area contributed by atoms with Crippen molar-refractivity contribution in [1.82, 2.24) is 4.57 Å². The topological polar surface area (TPSA) is 8.17 Å². The summed E-state index contributed by atoms with van der Waals surface area (Å²) in [5.74, 6) is 0. The van der Waals surface area contributed by atoms with Crippen molar-refractivity contribution in [3.8, 4) is 61.3 Å². The lowest BCUT2D eigenvalue weighted by molar-refractivity contribution is 1.18. The van der Waals surface area contributed by atoms with Gasteiger partial charge in [0.25, 0.3) is 0 Å². The van der Waals surface area contributed by atoms with E-state index in [1.54, 1.807) is 0 Å². The van der Waals surface area contributed by atoms with Gasteiger partial charge in [0.15, 0.2) is 0 Å². The fraction of sp³-hybridized carbons (Fsp3) is 0. The summed E-state index contributed by atoms with van der Waals surface area (Å²) in [6.45, 7) is 0. The molecule has 11 rings (SSSR count). The van der Waals surface area contributed by atoms with Crippen molar-refractivity contribution in [2.75, 3.05) is 4.90 Å². The van der Waals surface area contributed by atoms with Crippen molar-refractivity contribution in [1.29, 1.82) is 0 Å². The number of benzene rings is 10. The highest BCUT2D eigenvalue weighted by molar-refractivity contribution is 6.10. The van der Waals surface area contributed by atoms with E-state index in [-0.39, 0.29) is 0 Å².